The molecule has 1 aromatic heterocycles. The molecule has 7 nitrogen and oxygen atoms in total. The maximum Gasteiger partial charge on any atom is 0.417 e. The maximum atomic E-state index is 13.3. The molecule has 0 aliphatic heterocycles. The highest BCUT2D eigenvalue weighted by Gasteiger charge is 2.35. The smallest absolute Gasteiger partial charge is 0.417 e. The second-order valence-corrected chi connectivity index (χ2v) is 7.90. The van der Waals surface area contributed by atoms with Crippen LogP contribution in [-0.4, -0.2) is 47.6 Å². The van der Waals surface area contributed by atoms with E-state index in [9.17, 15) is 18.0 Å². The van der Waals surface area contributed by atoms with E-state index in [2.05, 4.69) is 4.98 Å². The Bertz CT molecular complexity index is 929. The minimum Gasteiger partial charge on any atom is -0.479 e. The zero-order valence-electron chi connectivity index (χ0n) is 18.6. The third kappa shape index (κ3) is 6.78. The zero-order valence-corrected chi connectivity index (χ0v) is 18.6. The molecule has 10 heteroatoms. The quantitative estimate of drug-likeness (QED) is 0.521. The van der Waals surface area contributed by atoms with Crippen LogP contribution in [0.2, 0.25) is 0 Å². The fourth-order valence-electron chi connectivity index (χ4n) is 3.81. The van der Waals surface area contributed by atoms with Gasteiger partial charge in [0.1, 0.15) is 11.5 Å². The van der Waals surface area contributed by atoms with Crippen LogP contribution >= 0.6 is 0 Å². The summed E-state index contributed by atoms with van der Waals surface area (Å²) in [5.74, 6) is -0.768. The predicted octanol–water partition coefficient (Wildman–Crippen LogP) is 5.00. The van der Waals surface area contributed by atoms with Crippen LogP contribution in [0.5, 0.6) is 0 Å². The molecule has 3 atom stereocenters. The lowest BCUT2D eigenvalue weighted by Gasteiger charge is -2.29. The highest BCUT2D eigenvalue weighted by Crippen LogP contribution is 2.37. The standard InChI is InChI=1S/C23H28F3NO6/c1-3-30-20(22(28)29)13-32-16-8-6-7-15(11-16)31-12-19-14(2)33-21(27-19)17-9-4-5-10-18(17)23(24,25)26/h4-5,9-10,15-16,20H,3,6-8,11-13H2,1-2H3,(H,28,29). The van der Waals surface area contributed by atoms with Gasteiger partial charge in [0.25, 0.3) is 0 Å². The third-order valence-corrected chi connectivity index (χ3v) is 5.52. The molecular formula is C23H28F3NO6. The minimum absolute atomic E-state index is 0.0368. The van der Waals surface area contributed by atoms with Crippen LogP contribution in [-0.2, 0) is 31.8 Å². The summed E-state index contributed by atoms with van der Waals surface area (Å²) in [6.45, 7) is 3.70. The average Bonchev–Trinajstić information content (AvgIpc) is 3.15. The largest absolute Gasteiger partial charge is 0.479 e. The summed E-state index contributed by atoms with van der Waals surface area (Å²) >= 11 is 0. The SMILES string of the molecule is CCOC(COC1CCCC(OCc2nc(-c3ccccc3C(F)(F)F)oc2C)C1)C(=O)O. The highest BCUT2D eigenvalue weighted by atomic mass is 19.4. The first kappa shape index (κ1) is 25.2. The van der Waals surface area contributed by atoms with Crippen LogP contribution in [0, 0.1) is 6.92 Å². The van der Waals surface area contributed by atoms with Gasteiger partial charge in [0, 0.05) is 12.2 Å². The van der Waals surface area contributed by atoms with Gasteiger partial charge in [0.2, 0.25) is 5.89 Å². The number of hydrogen-bond donors (Lipinski definition) is 1. The number of carbonyl (C=O) groups is 1. The van der Waals surface area contributed by atoms with Gasteiger partial charge in [-0.15, -0.1) is 0 Å². The Morgan fingerprint density at radius 3 is 2.61 bits per heavy atom. The van der Waals surface area contributed by atoms with E-state index in [1.165, 1.54) is 18.2 Å². The van der Waals surface area contributed by atoms with E-state index in [1.807, 2.05) is 0 Å². The number of alkyl halides is 3. The summed E-state index contributed by atoms with van der Waals surface area (Å²) in [7, 11) is 0. The molecule has 0 saturated heterocycles. The molecule has 1 heterocycles. The number of aromatic nitrogens is 1. The van der Waals surface area contributed by atoms with Crippen molar-refractivity contribution in [2.24, 2.45) is 0 Å². The lowest BCUT2D eigenvalue weighted by atomic mass is 9.95. The van der Waals surface area contributed by atoms with Crippen molar-refractivity contribution in [1.82, 2.24) is 4.98 Å². The number of carboxylic acids is 1. The molecule has 2 aromatic rings. The molecule has 3 rings (SSSR count). The highest BCUT2D eigenvalue weighted by molar-refractivity contribution is 5.72. The molecule has 1 saturated carbocycles. The summed E-state index contributed by atoms with van der Waals surface area (Å²) in [6.07, 6.45) is -2.79. The number of rotatable bonds is 10. The van der Waals surface area contributed by atoms with Gasteiger partial charge >= 0.3 is 12.1 Å². The minimum atomic E-state index is -4.52. The summed E-state index contributed by atoms with van der Waals surface area (Å²) in [5.41, 5.74) is -0.488. The van der Waals surface area contributed by atoms with Crippen molar-refractivity contribution in [3.63, 3.8) is 0 Å². The molecule has 1 aliphatic rings. The molecule has 1 N–H and O–H groups in total. The van der Waals surface area contributed by atoms with Gasteiger partial charge in [-0.05, 0) is 51.7 Å². The molecule has 0 spiro atoms. The molecule has 1 fully saturated rings. The van der Waals surface area contributed by atoms with E-state index in [0.29, 0.717) is 17.9 Å². The molecule has 1 aliphatic carbocycles. The fraction of sp³-hybridized carbons (Fsp3) is 0.565. The molecule has 0 radical (unpaired) electrons. The Balaban J connectivity index is 1.59. The van der Waals surface area contributed by atoms with E-state index >= 15 is 0 Å². The Hall–Kier alpha value is -2.43. The Labute approximate surface area is 189 Å². The van der Waals surface area contributed by atoms with Crippen molar-refractivity contribution in [3.05, 3.63) is 41.3 Å². The monoisotopic (exact) mass is 471 g/mol. The van der Waals surface area contributed by atoms with Gasteiger partial charge in [-0.25, -0.2) is 9.78 Å². The number of ether oxygens (including phenoxy) is 3. The average molecular weight is 471 g/mol. The lowest BCUT2D eigenvalue weighted by molar-refractivity contribution is -0.157. The van der Waals surface area contributed by atoms with E-state index < -0.39 is 23.8 Å². The Morgan fingerprint density at radius 1 is 1.24 bits per heavy atom. The number of halogens is 3. The van der Waals surface area contributed by atoms with Gasteiger partial charge < -0.3 is 23.7 Å². The molecule has 3 unspecified atom stereocenters. The topological polar surface area (TPSA) is 91.0 Å². The second-order valence-electron chi connectivity index (χ2n) is 7.90. The van der Waals surface area contributed by atoms with Crippen LogP contribution in [0.15, 0.2) is 28.7 Å². The second kappa shape index (κ2) is 11.1. The van der Waals surface area contributed by atoms with Crippen LogP contribution in [0.25, 0.3) is 11.5 Å². The van der Waals surface area contributed by atoms with Crippen molar-refractivity contribution in [2.75, 3.05) is 13.2 Å². The molecule has 0 bridgehead atoms. The number of hydrogen-bond acceptors (Lipinski definition) is 6. The van der Waals surface area contributed by atoms with E-state index in [-0.39, 0.29) is 43.5 Å². The van der Waals surface area contributed by atoms with Crippen molar-refractivity contribution in [2.45, 2.75) is 70.6 Å². The molecule has 33 heavy (non-hydrogen) atoms. The van der Waals surface area contributed by atoms with E-state index in [1.54, 1.807) is 13.8 Å². The maximum absolute atomic E-state index is 13.3. The lowest BCUT2D eigenvalue weighted by Crippen LogP contribution is -2.34. The predicted molar refractivity (Wildman–Crippen MR) is 112 cm³/mol. The number of oxazole rings is 1. The summed E-state index contributed by atoms with van der Waals surface area (Å²) in [5, 5.41) is 9.16. The first-order valence-corrected chi connectivity index (χ1v) is 10.9. The van der Waals surface area contributed by atoms with Crippen molar-refractivity contribution < 1.29 is 41.7 Å². The first-order chi connectivity index (χ1) is 15.7. The number of aryl methyl sites for hydroxylation is 1. The normalized spacial score (nSPS) is 20.0. The Kier molecular flexibility index (Phi) is 8.50. The van der Waals surface area contributed by atoms with Crippen molar-refractivity contribution >= 4 is 5.97 Å². The number of benzene rings is 1. The third-order valence-electron chi connectivity index (χ3n) is 5.52. The van der Waals surface area contributed by atoms with E-state index in [0.717, 1.165) is 25.3 Å². The Morgan fingerprint density at radius 2 is 1.94 bits per heavy atom. The summed E-state index contributed by atoms with van der Waals surface area (Å²) in [4.78, 5) is 15.4. The van der Waals surface area contributed by atoms with Crippen LogP contribution < -0.4 is 0 Å². The molecule has 182 valence electrons. The van der Waals surface area contributed by atoms with Crippen LogP contribution in [0.1, 0.15) is 49.6 Å². The van der Waals surface area contributed by atoms with Crippen molar-refractivity contribution in [1.29, 1.82) is 0 Å². The summed E-state index contributed by atoms with van der Waals surface area (Å²) in [6, 6.07) is 5.14. The van der Waals surface area contributed by atoms with E-state index in [4.69, 9.17) is 23.7 Å². The molecular weight excluding hydrogens is 443 g/mol. The fourth-order valence-corrected chi connectivity index (χ4v) is 3.81. The molecule has 1 aromatic carbocycles. The van der Waals surface area contributed by atoms with Crippen LogP contribution in [0.4, 0.5) is 13.2 Å². The van der Waals surface area contributed by atoms with Gasteiger partial charge in [-0.3, -0.25) is 0 Å². The first-order valence-electron chi connectivity index (χ1n) is 10.9. The van der Waals surface area contributed by atoms with Gasteiger partial charge in [0.05, 0.1) is 31.0 Å². The number of nitrogens with zero attached hydrogens (tertiary/aromatic N) is 1. The van der Waals surface area contributed by atoms with Gasteiger partial charge in [-0.2, -0.15) is 13.2 Å². The van der Waals surface area contributed by atoms with Crippen molar-refractivity contribution in [3.8, 4) is 11.5 Å². The molecule has 0 amide bonds. The number of aliphatic carboxylic acids is 1. The number of carboxylic acid groups (broad SMARTS) is 1. The van der Waals surface area contributed by atoms with Gasteiger partial charge in [-0.1, -0.05) is 12.1 Å². The van der Waals surface area contributed by atoms with Gasteiger partial charge in [0.15, 0.2) is 6.10 Å². The zero-order chi connectivity index (χ0) is 24.0. The van der Waals surface area contributed by atoms with Crippen LogP contribution in [0.3, 0.4) is 0 Å². The summed E-state index contributed by atoms with van der Waals surface area (Å²) < 4.78 is 62.4.